The lowest BCUT2D eigenvalue weighted by atomic mass is 10.0. The van der Waals surface area contributed by atoms with E-state index in [1.54, 1.807) is 6.07 Å². The maximum atomic E-state index is 13.1. The quantitative estimate of drug-likeness (QED) is 0.849. The monoisotopic (exact) mass is 293 g/mol. The molecule has 2 heterocycles. The van der Waals surface area contributed by atoms with Crippen molar-refractivity contribution in [1.82, 2.24) is 4.90 Å². The number of nitrogens with zero attached hydrogens (tertiary/aromatic N) is 2. The van der Waals surface area contributed by atoms with Gasteiger partial charge in [-0.1, -0.05) is 0 Å². The van der Waals surface area contributed by atoms with Gasteiger partial charge in [0.1, 0.15) is 5.82 Å². The second-order valence-corrected chi connectivity index (χ2v) is 5.58. The number of piperidine rings is 1. The Morgan fingerprint density at radius 1 is 1.24 bits per heavy atom. The van der Waals surface area contributed by atoms with Crippen LogP contribution in [-0.4, -0.2) is 43.3 Å². The second-order valence-electron chi connectivity index (χ2n) is 5.58. The third-order valence-corrected chi connectivity index (χ3v) is 4.24. The van der Waals surface area contributed by atoms with E-state index in [-0.39, 0.29) is 18.0 Å². The predicted octanol–water partition coefficient (Wildman–Crippen LogP) is 2.22. The summed E-state index contributed by atoms with van der Waals surface area (Å²) in [7, 11) is 0. The third-order valence-electron chi connectivity index (χ3n) is 4.24. The molecule has 2 saturated heterocycles. The molecule has 1 aromatic carbocycles. The zero-order valence-electron chi connectivity index (χ0n) is 11.9. The van der Waals surface area contributed by atoms with Crippen LogP contribution in [0.3, 0.4) is 0 Å². The highest BCUT2D eigenvalue weighted by atomic mass is 19.1. The van der Waals surface area contributed by atoms with Crippen LogP contribution in [0.25, 0.3) is 0 Å². The maximum absolute atomic E-state index is 13.1. The molecule has 0 radical (unpaired) electrons. The Bertz CT molecular complexity index is 530. The molecule has 0 saturated carbocycles. The number of carbonyl (C=O) groups excluding carboxylic acids is 1. The summed E-state index contributed by atoms with van der Waals surface area (Å²) in [5, 5.41) is 0. The van der Waals surface area contributed by atoms with E-state index in [0.29, 0.717) is 12.3 Å². The fraction of sp³-hybridized carbons (Fsp3) is 0.533. The molecule has 2 N–H and O–H groups in total. The van der Waals surface area contributed by atoms with Gasteiger partial charge >= 0.3 is 6.09 Å². The Morgan fingerprint density at radius 3 is 2.67 bits per heavy atom. The van der Waals surface area contributed by atoms with Gasteiger partial charge in [0.2, 0.25) is 0 Å². The first-order valence-electron chi connectivity index (χ1n) is 7.38. The number of carbonyl (C=O) groups is 1. The Hall–Kier alpha value is -1.98. The molecule has 114 valence electrons. The molecule has 5 nitrogen and oxygen atoms in total. The normalized spacial score (nSPS) is 20.5. The van der Waals surface area contributed by atoms with Crippen molar-refractivity contribution >= 4 is 17.5 Å². The molecule has 6 heteroatoms. The van der Waals surface area contributed by atoms with Gasteiger partial charge in [-0.15, -0.1) is 0 Å². The molecule has 0 atom stereocenters. The van der Waals surface area contributed by atoms with E-state index in [1.165, 1.54) is 12.1 Å². The van der Waals surface area contributed by atoms with Crippen LogP contribution in [-0.2, 0) is 4.74 Å². The number of amides is 1. The van der Waals surface area contributed by atoms with Crippen LogP contribution < -0.4 is 10.6 Å². The molecule has 2 aliphatic rings. The van der Waals surface area contributed by atoms with Crippen molar-refractivity contribution < 1.29 is 13.9 Å². The van der Waals surface area contributed by atoms with Gasteiger partial charge in [0.15, 0.2) is 0 Å². The van der Waals surface area contributed by atoms with Crippen molar-refractivity contribution in [3.63, 3.8) is 0 Å². The van der Waals surface area contributed by atoms with Gasteiger partial charge < -0.3 is 20.3 Å². The van der Waals surface area contributed by atoms with E-state index in [1.807, 2.05) is 4.90 Å². The molecule has 1 aromatic rings. The van der Waals surface area contributed by atoms with Crippen molar-refractivity contribution in [2.75, 3.05) is 36.9 Å². The van der Waals surface area contributed by atoms with Crippen LogP contribution in [0.5, 0.6) is 0 Å². The van der Waals surface area contributed by atoms with E-state index in [4.69, 9.17) is 10.5 Å². The summed E-state index contributed by atoms with van der Waals surface area (Å²) in [5.41, 5.74) is 7.22. The summed E-state index contributed by atoms with van der Waals surface area (Å²) in [4.78, 5) is 15.8. The standard InChI is InChI=1S/C15H20FN3O2/c16-11-2-3-14(13(17)10-11)18-7-4-12(5-8-18)19-6-1-9-21-15(19)20/h2-3,10,12H,1,4-9,17H2. The molecule has 2 fully saturated rings. The lowest BCUT2D eigenvalue weighted by Gasteiger charge is -2.40. The van der Waals surface area contributed by atoms with Gasteiger partial charge in [0.25, 0.3) is 0 Å². The van der Waals surface area contributed by atoms with Gasteiger partial charge in [0.05, 0.1) is 18.0 Å². The highest BCUT2D eigenvalue weighted by Gasteiger charge is 2.31. The average Bonchev–Trinajstić information content (AvgIpc) is 2.48. The van der Waals surface area contributed by atoms with Gasteiger partial charge in [-0.25, -0.2) is 9.18 Å². The number of rotatable bonds is 2. The van der Waals surface area contributed by atoms with Crippen LogP contribution in [0.4, 0.5) is 20.6 Å². The lowest BCUT2D eigenvalue weighted by Crippen LogP contribution is -2.50. The molecule has 0 bridgehead atoms. The highest BCUT2D eigenvalue weighted by molar-refractivity contribution is 5.69. The summed E-state index contributed by atoms with van der Waals surface area (Å²) in [6.07, 6.45) is 2.47. The number of nitrogen functional groups attached to an aromatic ring is 1. The number of ether oxygens (including phenoxy) is 1. The molecule has 0 aromatic heterocycles. The summed E-state index contributed by atoms with van der Waals surface area (Å²) in [6.45, 7) is 2.93. The number of hydrogen-bond acceptors (Lipinski definition) is 4. The van der Waals surface area contributed by atoms with Gasteiger partial charge in [0, 0.05) is 25.7 Å². The number of halogens is 1. The minimum absolute atomic E-state index is 0.194. The van der Waals surface area contributed by atoms with Crippen LogP contribution in [0.15, 0.2) is 18.2 Å². The topological polar surface area (TPSA) is 58.8 Å². The van der Waals surface area contributed by atoms with Crippen LogP contribution >= 0.6 is 0 Å². The minimum Gasteiger partial charge on any atom is -0.449 e. The molecule has 0 unspecified atom stereocenters. The number of hydrogen-bond donors (Lipinski definition) is 1. The number of cyclic esters (lactones) is 1. The summed E-state index contributed by atoms with van der Waals surface area (Å²) < 4.78 is 18.2. The first-order chi connectivity index (χ1) is 10.1. The van der Waals surface area contributed by atoms with Gasteiger partial charge in [-0.05, 0) is 37.5 Å². The number of benzene rings is 1. The second kappa shape index (κ2) is 5.79. The molecule has 2 aliphatic heterocycles. The van der Waals surface area contributed by atoms with Gasteiger partial charge in [-0.2, -0.15) is 0 Å². The van der Waals surface area contributed by atoms with E-state index in [0.717, 1.165) is 44.6 Å². The number of anilines is 2. The van der Waals surface area contributed by atoms with Crippen molar-refractivity contribution in [2.24, 2.45) is 0 Å². The maximum Gasteiger partial charge on any atom is 0.410 e. The van der Waals surface area contributed by atoms with Crippen molar-refractivity contribution in [3.05, 3.63) is 24.0 Å². The van der Waals surface area contributed by atoms with Crippen molar-refractivity contribution in [3.8, 4) is 0 Å². The molecule has 0 spiro atoms. The average molecular weight is 293 g/mol. The Labute approximate surface area is 123 Å². The molecule has 3 rings (SSSR count). The van der Waals surface area contributed by atoms with E-state index in [2.05, 4.69) is 4.90 Å². The summed E-state index contributed by atoms with van der Waals surface area (Å²) in [5.74, 6) is -0.317. The van der Waals surface area contributed by atoms with E-state index < -0.39 is 0 Å². The van der Waals surface area contributed by atoms with Crippen molar-refractivity contribution in [1.29, 1.82) is 0 Å². The van der Waals surface area contributed by atoms with E-state index >= 15 is 0 Å². The van der Waals surface area contributed by atoms with E-state index in [9.17, 15) is 9.18 Å². The Kier molecular flexibility index (Phi) is 3.86. The molecular weight excluding hydrogens is 273 g/mol. The third kappa shape index (κ3) is 2.89. The van der Waals surface area contributed by atoms with Crippen LogP contribution in [0.2, 0.25) is 0 Å². The summed E-state index contributed by atoms with van der Waals surface area (Å²) in [6, 6.07) is 4.74. The van der Waals surface area contributed by atoms with Crippen LogP contribution in [0, 0.1) is 5.82 Å². The largest absolute Gasteiger partial charge is 0.449 e. The highest BCUT2D eigenvalue weighted by Crippen LogP contribution is 2.28. The van der Waals surface area contributed by atoms with Crippen molar-refractivity contribution in [2.45, 2.75) is 25.3 Å². The lowest BCUT2D eigenvalue weighted by molar-refractivity contribution is 0.0499. The molecule has 21 heavy (non-hydrogen) atoms. The smallest absolute Gasteiger partial charge is 0.410 e. The Balaban J connectivity index is 1.63. The van der Waals surface area contributed by atoms with Crippen LogP contribution in [0.1, 0.15) is 19.3 Å². The molecule has 1 amide bonds. The molecular formula is C15H20FN3O2. The number of nitrogens with two attached hydrogens (primary N) is 1. The Morgan fingerprint density at radius 2 is 2.00 bits per heavy atom. The predicted molar refractivity (Wildman–Crippen MR) is 78.7 cm³/mol. The fourth-order valence-electron chi connectivity index (χ4n) is 3.13. The zero-order valence-corrected chi connectivity index (χ0v) is 11.9. The summed E-state index contributed by atoms with van der Waals surface area (Å²) >= 11 is 0. The first-order valence-corrected chi connectivity index (χ1v) is 7.38. The minimum atomic E-state index is -0.317. The SMILES string of the molecule is Nc1cc(F)ccc1N1CCC(N2CCCOC2=O)CC1. The fourth-order valence-corrected chi connectivity index (χ4v) is 3.13. The van der Waals surface area contributed by atoms with Gasteiger partial charge in [-0.3, -0.25) is 0 Å². The first kappa shape index (κ1) is 14.0. The zero-order chi connectivity index (χ0) is 14.8. The molecule has 0 aliphatic carbocycles.